The van der Waals surface area contributed by atoms with Crippen molar-refractivity contribution in [2.24, 2.45) is 0 Å². The van der Waals surface area contributed by atoms with Crippen LogP contribution in [0, 0.1) is 0 Å². The molecule has 0 aliphatic carbocycles. The number of hydrogen-bond acceptors (Lipinski definition) is 3. The van der Waals surface area contributed by atoms with Crippen LogP contribution in [0.5, 0.6) is 5.75 Å². The Labute approximate surface area is 120 Å². The van der Waals surface area contributed by atoms with Gasteiger partial charge in [-0.05, 0) is 54.3 Å². The molecule has 0 aliphatic heterocycles. The number of pyridine rings is 1. The summed E-state index contributed by atoms with van der Waals surface area (Å²) >= 11 is 0. The maximum Gasteiger partial charge on any atom is 0.115 e. The second-order valence-electron chi connectivity index (χ2n) is 4.91. The summed E-state index contributed by atoms with van der Waals surface area (Å²) < 4.78 is 0. The molecule has 0 aliphatic rings. The SMILES string of the molecule is CCNC(Cc1ccc(O)cc1)c1ccncc1CC. The van der Waals surface area contributed by atoms with Gasteiger partial charge in [-0.2, -0.15) is 0 Å². The molecule has 0 saturated heterocycles. The molecule has 1 aromatic heterocycles. The zero-order valence-electron chi connectivity index (χ0n) is 12.1. The first kappa shape index (κ1) is 14.5. The Kier molecular flexibility index (Phi) is 5.13. The fourth-order valence-electron chi connectivity index (χ4n) is 2.48. The van der Waals surface area contributed by atoms with Crippen molar-refractivity contribution in [3.8, 4) is 5.75 Å². The van der Waals surface area contributed by atoms with Crippen LogP contribution >= 0.6 is 0 Å². The minimum absolute atomic E-state index is 0.280. The zero-order chi connectivity index (χ0) is 14.4. The molecule has 2 N–H and O–H groups in total. The molecule has 0 fully saturated rings. The van der Waals surface area contributed by atoms with Crippen molar-refractivity contribution in [3.05, 3.63) is 59.4 Å². The van der Waals surface area contributed by atoms with Crippen LogP contribution in [0.2, 0.25) is 0 Å². The van der Waals surface area contributed by atoms with Gasteiger partial charge >= 0.3 is 0 Å². The third-order valence-electron chi connectivity index (χ3n) is 3.52. The number of nitrogens with zero attached hydrogens (tertiary/aromatic N) is 1. The summed E-state index contributed by atoms with van der Waals surface area (Å²) in [7, 11) is 0. The van der Waals surface area contributed by atoms with Gasteiger partial charge in [-0.1, -0.05) is 26.0 Å². The van der Waals surface area contributed by atoms with Crippen molar-refractivity contribution in [3.63, 3.8) is 0 Å². The summed E-state index contributed by atoms with van der Waals surface area (Å²) in [6, 6.07) is 9.82. The largest absolute Gasteiger partial charge is 0.508 e. The Hall–Kier alpha value is -1.87. The van der Waals surface area contributed by atoms with Crippen molar-refractivity contribution < 1.29 is 5.11 Å². The Morgan fingerprint density at radius 2 is 1.90 bits per heavy atom. The first-order valence-electron chi connectivity index (χ1n) is 7.18. The number of benzene rings is 1. The topological polar surface area (TPSA) is 45.1 Å². The van der Waals surface area contributed by atoms with E-state index in [0.29, 0.717) is 5.75 Å². The molecule has 1 aromatic carbocycles. The van der Waals surface area contributed by atoms with Crippen LogP contribution in [0.3, 0.4) is 0 Å². The number of hydrogen-bond donors (Lipinski definition) is 2. The van der Waals surface area contributed by atoms with E-state index in [1.165, 1.54) is 16.7 Å². The van der Waals surface area contributed by atoms with Crippen LogP contribution in [0.4, 0.5) is 0 Å². The molecule has 0 spiro atoms. The number of rotatable bonds is 6. The van der Waals surface area contributed by atoms with Crippen molar-refractivity contribution in [2.45, 2.75) is 32.7 Å². The fraction of sp³-hybridized carbons (Fsp3) is 0.353. The Balaban J connectivity index is 2.24. The third kappa shape index (κ3) is 3.58. The van der Waals surface area contributed by atoms with Crippen LogP contribution in [0.1, 0.15) is 36.6 Å². The normalized spacial score (nSPS) is 12.3. The molecular weight excluding hydrogens is 248 g/mol. The standard InChI is InChI=1S/C17H22N2O/c1-3-14-12-18-10-9-16(14)17(19-4-2)11-13-5-7-15(20)8-6-13/h5-10,12,17,19-20H,3-4,11H2,1-2H3. The van der Waals surface area contributed by atoms with E-state index in [0.717, 1.165) is 19.4 Å². The Bertz CT molecular complexity index is 537. The minimum Gasteiger partial charge on any atom is -0.508 e. The van der Waals surface area contributed by atoms with Crippen molar-refractivity contribution in [1.29, 1.82) is 0 Å². The van der Waals surface area contributed by atoms with E-state index in [9.17, 15) is 5.11 Å². The fourth-order valence-corrected chi connectivity index (χ4v) is 2.48. The summed E-state index contributed by atoms with van der Waals surface area (Å²) in [5.74, 6) is 0.312. The van der Waals surface area contributed by atoms with Crippen LogP contribution in [0.25, 0.3) is 0 Å². The maximum atomic E-state index is 9.37. The van der Waals surface area contributed by atoms with Crippen LogP contribution in [-0.4, -0.2) is 16.6 Å². The third-order valence-corrected chi connectivity index (χ3v) is 3.52. The highest BCUT2D eigenvalue weighted by atomic mass is 16.3. The van der Waals surface area contributed by atoms with Gasteiger partial charge in [-0.25, -0.2) is 0 Å². The maximum absolute atomic E-state index is 9.37. The number of phenolic OH excluding ortho intramolecular Hbond substituents is 1. The summed E-state index contributed by atoms with van der Waals surface area (Å²) in [5.41, 5.74) is 3.82. The molecule has 1 atom stereocenters. The molecule has 2 aromatic rings. The van der Waals surface area contributed by atoms with Gasteiger partial charge in [-0.3, -0.25) is 4.98 Å². The van der Waals surface area contributed by atoms with Crippen LogP contribution in [0.15, 0.2) is 42.7 Å². The molecule has 106 valence electrons. The monoisotopic (exact) mass is 270 g/mol. The second kappa shape index (κ2) is 7.06. The lowest BCUT2D eigenvalue weighted by Gasteiger charge is -2.21. The average molecular weight is 270 g/mol. The smallest absolute Gasteiger partial charge is 0.115 e. The Morgan fingerprint density at radius 3 is 2.55 bits per heavy atom. The van der Waals surface area contributed by atoms with Crippen molar-refractivity contribution in [2.75, 3.05) is 6.54 Å². The lowest BCUT2D eigenvalue weighted by molar-refractivity contribution is 0.474. The number of phenols is 1. The average Bonchev–Trinajstić information content (AvgIpc) is 2.49. The first-order valence-corrected chi connectivity index (χ1v) is 7.18. The Morgan fingerprint density at radius 1 is 1.15 bits per heavy atom. The molecule has 20 heavy (non-hydrogen) atoms. The molecule has 1 heterocycles. The number of aromatic hydroxyl groups is 1. The van der Waals surface area contributed by atoms with Crippen molar-refractivity contribution in [1.82, 2.24) is 10.3 Å². The highest BCUT2D eigenvalue weighted by Crippen LogP contribution is 2.23. The molecule has 2 rings (SSSR count). The van der Waals surface area contributed by atoms with E-state index in [1.54, 1.807) is 12.1 Å². The van der Waals surface area contributed by atoms with E-state index >= 15 is 0 Å². The zero-order valence-corrected chi connectivity index (χ0v) is 12.1. The van der Waals surface area contributed by atoms with Crippen LogP contribution < -0.4 is 5.32 Å². The number of aryl methyl sites for hydroxylation is 1. The lowest BCUT2D eigenvalue weighted by Crippen LogP contribution is -2.24. The molecule has 0 bridgehead atoms. The number of nitrogens with one attached hydrogen (secondary N) is 1. The van der Waals surface area contributed by atoms with Crippen molar-refractivity contribution >= 4 is 0 Å². The van der Waals surface area contributed by atoms with E-state index < -0.39 is 0 Å². The van der Waals surface area contributed by atoms with Gasteiger partial charge in [0.25, 0.3) is 0 Å². The van der Waals surface area contributed by atoms with E-state index in [4.69, 9.17) is 0 Å². The van der Waals surface area contributed by atoms with E-state index in [-0.39, 0.29) is 6.04 Å². The molecule has 3 nitrogen and oxygen atoms in total. The highest BCUT2D eigenvalue weighted by Gasteiger charge is 2.14. The van der Waals surface area contributed by atoms with Gasteiger partial charge in [0.2, 0.25) is 0 Å². The van der Waals surface area contributed by atoms with Gasteiger partial charge in [0, 0.05) is 18.4 Å². The molecule has 3 heteroatoms. The molecule has 1 unspecified atom stereocenters. The molecular formula is C17H22N2O. The van der Waals surface area contributed by atoms with E-state index in [1.807, 2.05) is 24.5 Å². The highest BCUT2D eigenvalue weighted by molar-refractivity contribution is 5.31. The summed E-state index contributed by atoms with van der Waals surface area (Å²) in [6.07, 6.45) is 5.71. The van der Waals surface area contributed by atoms with Gasteiger partial charge in [0.05, 0.1) is 0 Å². The molecule has 0 radical (unpaired) electrons. The predicted molar refractivity (Wildman–Crippen MR) is 81.8 cm³/mol. The quantitative estimate of drug-likeness (QED) is 0.847. The van der Waals surface area contributed by atoms with Gasteiger partial charge in [0.15, 0.2) is 0 Å². The number of aromatic nitrogens is 1. The summed E-state index contributed by atoms with van der Waals surface area (Å²) in [4.78, 5) is 4.22. The van der Waals surface area contributed by atoms with Crippen LogP contribution in [-0.2, 0) is 12.8 Å². The second-order valence-corrected chi connectivity index (χ2v) is 4.91. The van der Waals surface area contributed by atoms with Gasteiger partial charge < -0.3 is 10.4 Å². The van der Waals surface area contributed by atoms with Gasteiger partial charge in [0.1, 0.15) is 5.75 Å². The first-order chi connectivity index (χ1) is 9.74. The molecule has 0 saturated carbocycles. The number of likely N-dealkylation sites (N-methyl/N-ethyl adjacent to an activating group) is 1. The summed E-state index contributed by atoms with van der Waals surface area (Å²) in [5, 5.41) is 12.9. The predicted octanol–water partition coefficient (Wildman–Crippen LogP) is 3.24. The lowest BCUT2D eigenvalue weighted by atomic mass is 9.95. The minimum atomic E-state index is 0.280. The summed E-state index contributed by atoms with van der Waals surface area (Å²) in [6.45, 7) is 5.20. The van der Waals surface area contributed by atoms with E-state index in [2.05, 4.69) is 30.2 Å². The molecule has 0 amide bonds. The van der Waals surface area contributed by atoms with Gasteiger partial charge in [-0.15, -0.1) is 0 Å².